The zero-order chi connectivity index (χ0) is 19.3. The molecule has 3 aromatic rings. The second-order valence-corrected chi connectivity index (χ2v) is 7.85. The molecule has 5 nitrogen and oxygen atoms in total. The summed E-state index contributed by atoms with van der Waals surface area (Å²) in [4.78, 5) is 31.2. The molecule has 4 rings (SSSR count). The molecule has 1 fully saturated rings. The van der Waals surface area contributed by atoms with E-state index in [1.54, 1.807) is 11.0 Å². The van der Waals surface area contributed by atoms with E-state index in [4.69, 9.17) is 0 Å². The largest absolute Gasteiger partial charge is 0.339 e. The lowest BCUT2D eigenvalue weighted by molar-refractivity contribution is -0.130. The van der Waals surface area contributed by atoms with Crippen molar-refractivity contribution in [2.45, 2.75) is 12.8 Å². The van der Waals surface area contributed by atoms with Gasteiger partial charge in [0.2, 0.25) is 11.8 Å². The van der Waals surface area contributed by atoms with Crippen molar-refractivity contribution in [2.75, 3.05) is 18.4 Å². The lowest BCUT2D eigenvalue weighted by Gasteiger charge is -2.30. The third-order valence-corrected chi connectivity index (χ3v) is 5.87. The van der Waals surface area contributed by atoms with Gasteiger partial charge in [-0.2, -0.15) is 0 Å². The number of hydrogen-bond acceptors (Lipinski definition) is 4. The molecule has 0 radical (unpaired) electrons. The summed E-state index contributed by atoms with van der Waals surface area (Å²) in [7, 11) is 0. The van der Waals surface area contributed by atoms with Crippen LogP contribution < -0.4 is 5.32 Å². The smallest absolute Gasteiger partial charge is 0.246 e. The number of fused-ring (bicyclic) bond motifs is 1. The number of piperidine rings is 1. The summed E-state index contributed by atoms with van der Waals surface area (Å²) in [6, 6.07) is 17.6. The average molecular weight is 391 g/mol. The summed E-state index contributed by atoms with van der Waals surface area (Å²) in [5.74, 6) is -0.103. The number of benzene rings is 2. The molecule has 2 heterocycles. The van der Waals surface area contributed by atoms with Crippen LogP contribution >= 0.6 is 11.3 Å². The number of para-hydroxylation sites is 1. The first-order valence-corrected chi connectivity index (χ1v) is 10.2. The molecule has 0 spiro atoms. The van der Waals surface area contributed by atoms with Crippen LogP contribution in [0, 0.1) is 5.92 Å². The van der Waals surface area contributed by atoms with E-state index < -0.39 is 0 Å². The van der Waals surface area contributed by atoms with Crippen molar-refractivity contribution >= 4 is 44.6 Å². The summed E-state index contributed by atoms with van der Waals surface area (Å²) in [5, 5.41) is 3.58. The Kier molecular flexibility index (Phi) is 5.48. The Balaban J connectivity index is 1.30. The van der Waals surface area contributed by atoms with Crippen LogP contribution in [0.1, 0.15) is 18.4 Å². The predicted molar refractivity (Wildman–Crippen MR) is 113 cm³/mol. The van der Waals surface area contributed by atoms with Gasteiger partial charge in [-0.05, 0) is 36.6 Å². The lowest BCUT2D eigenvalue weighted by Crippen LogP contribution is -2.40. The van der Waals surface area contributed by atoms with E-state index in [-0.39, 0.29) is 17.7 Å². The second-order valence-electron chi connectivity index (χ2n) is 6.82. The number of thiazole rings is 1. The highest BCUT2D eigenvalue weighted by Crippen LogP contribution is 2.27. The molecule has 0 atom stereocenters. The Morgan fingerprint density at radius 1 is 1.04 bits per heavy atom. The maximum Gasteiger partial charge on any atom is 0.246 e. The molecule has 1 N–H and O–H groups in total. The molecule has 1 aliphatic heterocycles. The minimum atomic E-state index is -0.0887. The van der Waals surface area contributed by atoms with Crippen LogP contribution in [0.3, 0.4) is 0 Å². The first kappa shape index (κ1) is 18.4. The molecule has 142 valence electrons. The van der Waals surface area contributed by atoms with Crippen molar-refractivity contribution in [2.24, 2.45) is 5.92 Å². The summed E-state index contributed by atoms with van der Waals surface area (Å²) in [6.45, 7) is 1.19. The number of rotatable bonds is 4. The predicted octanol–water partition coefficient (Wildman–Crippen LogP) is 4.19. The first-order valence-electron chi connectivity index (χ1n) is 9.37. The van der Waals surface area contributed by atoms with Gasteiger partial charge in [-0.3, -0.25) is 9.59 Å². The fraction of sp³-hybridized carbons (Fsp3) is 0.227. The highest BCUT2D eigenvalue weighted by atomic mass is 32.1. The van der Waals surface area contributed by atoms with Gasteiger partial charge < -0.3 is 10.2 Å². The van der Waals surface area contributed by atoms with Crippen LogP contribution in [-0.2, 0) is 9.59 Å². The fourth-order valence-electron chi connectivity index (χ4n) is 3.33. The molecule has 2 amide bonds. The van der Waals surface area contributed by atoms with Crippen molar-refractivity contribution in [3.05, 3.63) is 66.2 Å². The van der Waals surface area contributed by atoms with E-state index in [9.17, 15) is 9.59 Å². The van der Waals surface area contributed by atoms with Gasteiger partial charge in [-0.15, -0.1) is 0 Å². The van der Waals surface area contributed by atoms with Gasteiger partial charge in [-0.25, -0.2) is 4.98 Å². The molecule has 0 unspecified atom stereocenters. The zero-order valence-electron chi connectivity index (χ0n) is 15.4. The minimum Gasteiger partial charge on any atom is -0.339 e. The number of anilines is 1. The molecular weight excluding hydrogens is 370 g/mol. The van der Waals surface area contributed by atoms with E-state index >= 15 is 0 Å². The van der Waals surface area contributed by atoms with E-state index in [0.717, 1.165) is 15.8 Å². The molecule has 0 saturated carbocycles. The highest BCUT2D eigenvalue weighted by Gasteiger charge is 2.27. The standard InChI is InChI=1S/C22H21N3O2S/c26-20(11-10-16-6-2-1-3-7-16)25-14-12-17(13-15-25)21(27)24-22-23-18-8-4-5-9-19(18)28-22/h1-11,17H,12-15H2,(H,23,24,27)/b11-10+. The number of amides is 2. The monoisotopic (exact) mass is 391 g/mol. The van der Waals surface area contributed by atoms with Gasteiger partial charge in [0.25, 0.3) is 0 Å². The topological polar surface area (TPSA) is 62.3 Å². The summed E-state index contributed by atoms with van der Waals surface area (Å²) in [6.07, 6.45) is 4.77. The van der Waals surface area contributed by atoms with E-state index in [1.165, 1.54) is 11.3 Å². The molecule has 1 aliphatic rings. The number of hydrogen-bond donors (Lipinski definition) is 1. The Labute approximate surface area is 167 Å². The highest BCUT2D eigenvalue weighted by molar-refractivity contribution is 7.22. The Morgan fingerprint density at radius 2 is 1.75 bits per heavy atom. The van der Waals surface area contributed by atoms with Crippen molar-refractivity contribution in [3.8, 4) is 0 Å². The molecule has 0 aliphatic carbocycles. The first-order chi connectivity index (χ1) is 13.7. The van der Waals surface area contributed by atoms with Crippen LogP contribution in [0.4, 0.5) is 5.13 Å². The van der Waals surface area contributed by atoms with Crippen LogP contribution in [0.5, 0.6) is 0 Å². The lowest BCUT2D eigenvalue weighted by atomic mass is 9.96. The van der Waals surface area contributed by atoms with Gasteiger partial charge in [0.1, 0.15) is 0 Å². The van der Waals surface area contributed by atoms with Crippen LogP contribution in [0.25, 0.3) is 16.3 Å². The number of carbonyl (C=O) groups excluding carboxylic acids is 2. The normalized spacial score (nSPS) is 15.2. The number of aromatic nitrogens is 1. The molecule has 28 heavy (non-hydrogen) atoms. The quantitative estimate of drug-likeness (QED) is 0.679. The van der Waals surface area contributed by atoms with Gasteiger partial charge in [0, 0.05) is 25.1 Å². The van der Waals surface area contributed by atoms with E-state index in [0.29, 0.717) is 31.1 Å². The molecule has 6 heteroatoms. The molecule has 1 aromatic heterocycles. The molecule has 2 aromatic carbocycles. The van der Waals surface area contributed by atoms with Crippen molar-refractivity contribution in [1.29, 1.82) is 0 Å². The average Bonchev–Trinajstić information content (AvgIpc) is 3.15. The van der Waals surface area contributed by atoms with Crippen molar-refractivity contribution in [3.63, 3.8) is 0 Å². The van der Waals surface area contributed by atoms with E-state index in [1.807, 2.05) is 60.7 Å². The van der Waals surface area contributed by atoms with Gasteiger partial charge in [0.05, 0.1) is 10.2 Å². The van der Waals surface area contributed by atoms with Crippen LogP contribution in [0.15, 0.2) is 60.7 Å². The summed E-state index contributed by atoms with van der Waals surface area (Å²) in [5.41, 5.74) is 1.90. The SMILES string of the molecule is O=C(Nc1nc2ccccc2s1)C1CCN(C(=O)/C=C/c2ccccc2)CC1. The van der Waals surface area contributed by atoms with Gasteiger partial charge in [-0.1, -0.05) is 53.8 Å². The number of likely N-dealkylation sites (tertiary alicyclic amines) is 1. The number of carbonyl (C=O) groups is 2. The fourth-order valence-corrected chi connectivity index (χ4v) is 4.20. The molecule has 0 bridgehead atoms. The Bertz CT molecular complexity index is 972. The second kappa shape index (κ2) is 8.35. The summed E-state index contributed by atoms with van der Waals surface area (Å²) >= 11 is 1.48. The third-order valence-electron chi connectivity index (χ3n) is 4.92. The number of nitrogens with zero attached hydrogens (tertiary/aromatic N) is 2. The maximum absolute atomic E-state index is 12.6. The van der Waals surface area contributed by atoms with E-state index in [2.05, 4.69) is 10.3 Å². The molecular formula is C22H21N3O2S. The third kappa shape index (κ3) is 4.28. The number of nitrogens with one attached hydrogen (secondary N) is 1. The molecule has 1 saturated heterocycles. The Hall–Kier alpha value is -2.99. The van der Waals surface area contributed by atoms with Crippen molar-refractivity contribution < 1.29 is 9.59 Å². The zero-order valence-corrected chi connectivity index (χ0v) is 16.2. The maximum atomic E-state index is 12.6. The van der Waals surface area contributed by atoms with Crippen molar-refractivity contribution in [1.82, 2.24) is 9.88 Å². The Morgan fingerprint density at radius 3 is 2.50 bits per heavy atom. The minimum absolute atomic E-state index is 0.00566. The van der Waals surface area contributed by atoms with Crippen LogP contribution in [0.2, 0.25) is 0 Å². The van der Waals surface area contributed by atoms with Gasteiger partial charge >= 0.3 is 0 Å². The van der Waals surface area contributed by atoms with Crippen LogP contribution in [-0.4, -0.2) is 34.8 Å². The van der Waals surface area contributed by atoms with Gasteiger partial charge in [0.15, 0.2) is 5.13 Å². The summed E-state index contributed by atoms with van der Waals surface area (Å²) < 4.78 is 1.06.